The van der Waals surface area contributed by atoms with Crippen LogP contribution in [0.2, 0.25) is 0 Å². The van der Waals surface area contributed by atoms with Crippen molar-refractivity contribution in [2.75, 3.05) is 12.3 Å². The lowest BCUT2D eigenvalue weighted by Crippen LogP contribution is -2.38. The van der Waals surface area contributed by atoms with Crippen molar-refractivity contribution in [2.24, 2.45) is 5.92 Å². The van der Waals surface area contributed by atoms with Crippen LogP contribution in [0.3, 0.4) is 0 Å². The Morgan fingerprint density at radius 1 is 1.28 bits per heavy atom. The zero-order valence-corrected chi connectivity index (χ0v) is 9.83. The summed E-state index contributed by atoms with van der Waals surface area (Å²) in [6, 6.07) is 2.02. The molecule has 1 aliphatic heterocycles. The van der Waals surface area contributed by atoms with Crippen molar-refractivity contribution in [2.45, 2.75) is 25.3 Å². The van der Waals surface area contributed by atoms with Gasteiger partial charge in [0.15, 0.2) is 11.6 Å². The Labute approximate surface area is 104 Å². The van der Waals surface area contributed by atoms with E-state index in [1.165, 1.54) is 0 Å². The number of piperidine rings is 1. The number of fused-ring (bicyclic) bond motifs is 2. The fraction of sp³-hybridized carbons (Fsp3) is 0.462. The van der Waals surface area contributed by atoms with E-state index in [1.54, 1.807) is 4.90 Å². The molecule has 3 nitrogen and oxygen atoms in total. The number of hydrogen-bond donors (Lipinski definition) is 1. The van der Waals surface area contributed by atoms with Gasteiger partial charge in [0.05, 0.1) is 5.56 Å². The Bertz CT molecular complexity index is 518. The SMILES string of the molecule is Nc1cc(F)c(F)cc1C(=O)N1CC2CCC1C2. The number of nitrogens with zero attached hydrogens (tertiary/aromatic N) is 1. The normalized spacial score (nSPS) is 25.8. The van der Waals surface area contributed by atoms with Gasteiger partial charge in [-0.1, -0.05) is 0 Å². The molecule has 2 N–H and O–H groups in total. The fourth-order valence-corrected chi connectivity index (χ4v) is 3.08. The first-order chi connectivity index (χ1) is 8.56. The number of carbonyl (C=O) groups excluding carboxylic acids is 1. The van der Waals surface area contributed by atoms with Crippen LogP contribution in [0.15, 0.2) is 12.1 Å². The van der Waals surface area contributed by atoms with E-state index in [-0.39, 0.29) is 23.2 Å². The average Bonchev–Trinajstić information content (AvgIpc) is 2.95. The molecule has 18 heavy (non-hydrogen) atoms. The minimum atomic E-state index is -1.03. The molecule has 2 unspecified atom stereocenters. The minimum absolute atomic E-state index is 0.00155. The number of carbonyl (C=O) groups is 1. The quantitative estimate of drug-likeness (QED) is 0.779. The predicted octanol–water partition coefficient (Wildman–Crippen LogP) is 2.17. The van der Waals surface area contributed by atoms with Gasteiger partial charge in [-0.25, -0.2) is 8.78 Å². The first kappa shape index (κ1) is 11.4. The summed E-state index contributed by atoms with van der Waals surface area (Å²) < 4.78 is 26.2. The molecular weight excluding hydrogens is 238 g/mol. The van der Waals surface area contributed by atoms with Gasteiger partial charge < -0.3 is 10.6 Å². The zero-order valence-electron chi connectivity index (χ0n) is 9.83. The number of halogens is 2. The molecule has 1 aliphatic carbocycles. The van der Waals surface area contributed by atoms with Gasteiger partial charge in [0.1, 0.15) is 0 Å². The summed E-state index contributed by atoms with van der Waals surface area (Å²) in [4.78, 5) is 14.0. The van der Waals surface area contributed by atoms with Crippen molar-refractivity contribution in [3.05, 3.63) is 29.3 Å². The van der Waals surface area contributed by atoms with Crippen LogP contribution in [0.4, 0.5) is 14.5 Å². The predicted molar refractivity (Wildman–Crippen MR) is 62.9 cm³/mol. The summed E-state index contributed by atoms with van der Waals surface area (Å²) in [6.45, 7) is 0.710. The van der Waals surface area contributed by atoms with Crippen LogP contribution < -0.4 is 5.73 Å². The molecule has 2 fully saturated rings. The molecule has 2 atom stereocenters. The van der Waals surface area contributed by atoms with Crippen molar-refractivity contribution >= 4 is 11.6 Å². The Morgan fingerprint density at radius 3 is 2.61 bits per heavy atom. The second-order valence-corrected chi connectivity index (χ2v) is 5.14. The van der Waals surface area contributed by atoms with E-state index in [4.69, 9.17) is 5.73 Å². The molecule has 1 aromatic rings. The monoisotopic (exact) mass is 252 g/mol. The van der Waals surface area contributed by atoms with Crippen LogP contribution in [0, 0.1) is 17.6 Å². The van der Waals surface area contributed by atoms with Gasteiger partial charge in [-0.3, -0.25) is 4.79 Å². The van der Waals surface area contributed by atoms with E-state index < -0.39 is 11.6 Å². The van der Waals surface area contributed by atoms with Gasteiger partial charge in [-0.15, -0.1) is 0 Å². The maximum Gasteiger partial charge on any atom is 0.256 e. The van der Waals surface area contributed by atoms with E-state index in [2.05, 4.69) is 0 Å². The lowest BCUT2D eigenvalue weighted by atomic mass is 10.1. The van der Waals surface area contributed by atoms with Gasteiger partial charge in [0.2, 0.25) is 0 Å². The second kappa shape index (κ2) is 3.93. The third kappa shape index (κ3) is 1.65. The molecule has 2 bridgehead atoms. The number of amides is 1. The van der Waals surface area contributed by atoms with Gasteiger partial charge in [-0.05, 0) is 31.2 Å². The lowest BCUT2D eigenvalue weighted by Gasteiger charge is -2.27. The largest absolute Gasteiger partial charge is 0.398 e. The van der Waals surface area contributed by atoms with Crippen LogP contribution in [0.25, 0.3) is 0 Å². The molecule has 1 saturated carbocycles. The Kier molecular flexibility index (Phi) is 2.50. The number of benzene rings is 1. The smallest absolute Gasteiger partial charge is 0.256 e. The molecule has 1 aromatic carbocycles. The molecule has 0 aromatic heterocycles. The third-order valence-corrected chi connectivity index (χ3v) is 3.99. The van der Waals surface area contributed by atoms with E-state index in [0.717, 1.165) is 31.4 Å². The number of hydrogen-bond acceptors (Lipinski definition) is 2. The van der Waals surface area contributed by atoms with Crippen LogP contribution in [0.1, 0.15) is 29.6 Å². The summed E-state index contributed by atoms with van der Waals surface area (Å²) in [7, 11) is 0. The maximum atomic E-state index is 13.2. The van der Waals surface area contributed by atoms with Crippen molar-refractivity contribution in [1.82, 2.24) is 4.90 Å². The van der Waals surface area contributed by atoms with E-state index in [1.807, 2.05) is 0 Å². The molecule has 1 amide bonds. The minimum Gasteiger partial charge on any atom is -0.398 e. The summed E-state index contributed by atoms with van der Waals surface area (Å²) in [5, 5.41) is 0. The van der Waals surface area contributed by atoms with Crippen LogP contribution in [-0.4, -0.2) is 23.4 Å². The van der Waals surface area contributed by atoms with Crippen molar-refractivity contribution < 1.29 is 13.6 Å². The number of nitrogens with two attached hydrogens (primary N) is 1. The Balaban J connectivity index is 1.91. The molecule has 1 heterocycles. The van der Waals surface area contributed by atoms with Gasteiger partial charge >= 0.3 is 0 Å². The highest BCUT2D eigenvalue weighted by atomic mass is 19.2. The highest BCUT2D eigenvalue weighted by molar-refractivity contribution is 5.99. The lowest BCUT2D eigenvalue weighted by molar-refractivity contribution is 0.0704. The third-order valence-electron chi connectivity index (χ3n) is 3.99. The number of rotatable bonds is 1. The Hall–Kier alpha value is -1.65. The molecule has 0 spiro atoms. The maximum absolute atomic E-state index is 13.2. The summed E-state index contributed by atoms with van der Waals surface area (Å²) in [6.07, 6.45) is 3.18. The summed E-state index contributed by atoms with van der Waals surface area (Å²) in [5.41, 5.74) is 5.68. The number of nitrogen functional groups attached to an aromatic ring is 1. The summed E-state index contributed by atoms with van der Waals surface area (Å²) >= 11 is 0. The molecule has 5 heteroatoms. The molecule has 2 aliphatic rings. The van der Waals surface area contributed by atoms with Crippen molar-refractivity contribution in [1.29, 1.82) is 0 Å². The Morgan fingerprint density at radius 2 is 2.00 bits per heavy atom. The van der Waals surface area contributed by atoms with Crippen molar-refractivity contribution in [3.8, 4) is 0 Å². The standard InChI is InChI=1S/C13H14F2N2O/c14-10-4-9(12(16)5-11(10)15)13(18)17-6-7-1-2-8(17)3-7/h4-5,7-8H,1-3,6,16H2. The van der Waals surface area contributed by atoms with Gasteiger partial charge in [-0.2, -0.15) is 0 Å². The highest BCUT2D eigenvalue weighted by Gasteiger charge is 2.40. The number of likely N-dealkylation sites (tertiary alicyclic amines) is 1. The van der Waals surface area contributed by atoms with E-state index in [0.29, 0.717) is 12.5 Å². The molecular formula is C13H14F2N2O. The first-order valence-corrected chi connectivity index (χ1v) is 6.11. The molecule has 3 rings (SSSR count). The molecule has 0 radical (unpaired) electrons. The van der Waals surface area contributed by atoms with Gasteiger partial charge in [0.25, 0.3) is 5.91 Å². The molecule has 1 saturated heterocycles. The van der Waals surface area contributed by atoms with Gasteiger partial charge in [0, 0.05) is 24.3 Å². The zero-order chi connectivity index (χ0) is 12.9. The topological polar surface area (TPSA) is 46.3 Å². The fourth-order valence-electron chi connectivity index (χ4n) is 3.08. The summed E-state index contributed by atoms with van der Waals surface area (Å²) in [5.74, 6) is -1.77. The van der Waals surface area contributed by atoms with Crippen molar-refractivity contribution in [3.63, 3.8) is 0 Å². The average molecular weight is 252 g/mol. The highest BCUT2D eigenvalue weighted by Crippen LogP contribution is 2.38. The number of anilines is 1. The first-order valence-electron chi connectivity index (χ1n) is 6.11. The van der Waals surface area contributed by atoms with Crippen LogP contribution in [-0.2, 0) is 0 Å². The molecule has 96 valence electrons. The van der Waals surface area contributed by atoms with E-state index >= 15 is 0 Å². The second-order valence-electron chi connectivity index (χ2n) is 5.14. The van der Waals surface area contributed by atoms with Crippen LogP contribution in [0.5, 0.6) is 0 Å². The van der Waals surface area contributed by atoms with E-state index in [9.17, 15) is 13.6 Å². The van der Waals surface area contributed by atoms with Crippen LogP contribution >= 0.6 is 0 Å².